The maximum absolute atomic E-state index is 13.3. The van der Waals surface area contributed by atoms with Crippen LogP contribution in [0.4, 0.5) is 24.5 Å². The van der Waals surface area contributed by atoms with E-state index in [1.807, 2.05) is 36.4 Å². The standard InChI is InChI=1S/C28H17F3N2O3/c29-28(30,31)19-9-6-10-20(16-19)32-25(34)18-13-14-22-23(15-18)27(36)33(26(22)35)24-12-5-4-11-21(24)17-7-2-1-3-8-17/h1-16H,(H,32,34). The molecule has 178 valence electrons. The number of hydrogen-bond acceptors (Lipinski definition) is 3. The van der Waals surface area contributed by atoms with E-state index < -0.39 is 29.5 Å². The lowest BCUT2D eigenvalue weighted by molar-refractivity contribution is -0.137. The van der Waals surface area contributed by atoms with Gasteiger partial charge in [0.2, 0.25) is 0 Å². The molecule has 0 atom stereocenters. The third-order valence-corrected chi connectivity index (χ3v) is 5.83. The van der Waals surface area contributed by atoms with E-state index in [9.17, 15) is 27.6 Å². The second kappa shape index (κ2) is 8.81. The number of halogens is 3. The number of alkyl halides is 3. The molecule has 0 radical (unpaired) electrons. The van der Waals surface area contributed by atoms with Crippen LogP contribution in [-0.4, -0.2) is 17.7 Å². The van der Waals surface area contributed by atoms with Crippen LogP contribution in [-0.2, 0) is 6.18 Å². The van der Waals surface area contributed by atoms with Crippen molar-refractivity contribution in [2.45, 2.75) is 6.18 Å². The topological polar surface area (TPSA) is 66.5 Å². The Morgan fingerprint density at radius 2 is 1.39 bits per heavy atom. The lowest BCUT2D eigenvalue weighted by Crippen LogP contribution is -2.29. The highest BCUT2D eigenvalue weighted by Gasteiger charge is 2.38. The van der Waals surface area contributed by atoms with Crippen molar-refractivity contribution in [2.24, 2.45) is 0 Å². The van der Waals surface area contributed by atoms with Crippen LogP contribution in [0.5, 0.6) is 0 Å². The molecule has 8 heteroatoms. The number of benzene rings is 4. The number of anilines is 2. The van der Waals surface area contributed by atoms with Gasteiger partial charge in [-0.25, -0.2) is 4.90 Å². The Bertz CT molecular complexity index is 1510. The largest absolute Gasteiger partial charge is 0.416 e. The van der Waals surface area contributed by atoms with Crippen LogP contribution in [0.3, 0.4) is 0 Å². The second-order valence-electron chi connectivity index (χ2n) is 8.12. The van der Waals surface area contributed by atoms with Gasteiger partial charge in [0.25, 0.3) is 17.7 Å². The molecule has 0 spiro atoms. The molecule has 0 unspecified atom stereocenters. The van der Waals surface area contributed by atoms with Crippen molar-refractivity contribution in [3.8, 4) is 11.1 Å². The summed E-state index contributed by atoms with van der Waals surface area (Å²) in [5.74, 6) is -1.82. The van der Waals surface area contributed by atoms with Crippen molar-refractivity contribution in [3.63, 3.8) is 0 Å². The maximum Gasteiger partial charge on any atom is 0.416 e. The van der Waals surface area contributed by atoms with Crippen molar-refractivity contribution < 1.29 is 27.6 Å². The van der Waals surface area contributed by atoms with Gasteiger partial charge in [0.1, 0.15) is 0 Å². The normalized spacial score (nSPS) is 13.0. The van der Waals surface area contributed by atoms with Gasteiger partial charge in [-0.3, -0.25) is 14.4 Å². The zero-order valence-electron chi connectivity index (χ0n) is 18.5. The van der Waals surface area contributed by atoms with Gasteiger partial charge in [0.15, 0.2) is 0 Å². The summed E-state index contributed by atoms with van der Waals surface area (Å²) < 4.78 is 39.0. The van der Waals surface area contributed by atoms with Crippen LogP contribution in [0.15, 0.2) is 97.1 Å². The van der Waals surface area contributed by atoms with E-state index >= 15 is 0 Å². The van der Waals surface area contributed by atoms with Crippen LogP contribution in [0.2, 0.25) is 0 Å². The monoisotopic (exact) mass is 486 g/mol. The minimum atomic E-state index is -4.55. The first-order valence-corrected chi connectivity index (χ1v) is 10.9. The van der Waals surface area contributed by atoms with E-state index in [1.54, 1.807) is 18.2 Å². The highest BCUT2D eigenvalue weighted by Crippen LogP contribution is 2.36. The molecule has 4 aromatic rings. The lowest BCUT2D eigenvalue weighted by Gasteiger charge is -2.18. The van der Waals surface area contributed by atoms with Gasteiger partial charge < -0.3 is 5.32 Å². The first kappa shape index (κ1) is 23.0. The Morgan fingerprint density at radius 3 is 2.14 bits per heavy atom. The predicted molar refractivity (Wildman–Crippen MR) is 129 cm³/mol. The lowest BCUT2D eigenvalue weighted by atomic mass is 10.0. The zero-order valence-corrected chi connectivity index (χ0v) is 18.5. The number of fused-ring (bicyclic) bond motifs is 1. The summed E-state index contributed by atoms with van der Waals surface area (Å²) in [5, 5.41) is 2.41. The van der Waals surface area contributed by atoms with Gasteiger partial charge in [-0.2, -0.15) is 13.2 Å². The summed E-state index contributed by atoms with van der Waals surface area (Å²) in [6, 6.07) is 24.6. The number of nitrogens with one attached hydrogen (secondary N) is 1. The van der Waals surface area contributed by atoms with Gasteiger partial charge in [-0.15, -0.1) is 0 Å². The van der Waals surface area contributed by atoms with Gasteiger partial charge in [-0.05, 0) is 48.0 Å². The fourth-order valence-electron chi connectivity index (χ4n) is 4.11. The third-order valence-electron chi connectivity index (χ3n) is 5.83. The number of rotatable bonds is 4. The molecule has 5 rings (SSSR count). The zero-order chi connectivity index (χ0) is 25.4. The first-order chi connectivity index (χ1) is 17.2. The number of amides is 3. The molecule has 0 fully saturated rings. The number of carbonyl (C=O) groups is 3. The summed E-state index contributed by atoms with van der Waals surface area (Å²) in [6.07, 6.45) is -4.55. The Kier molecular flexibility index (Phi) is 5.64. The molecule has 5 nitrogen and oxygen atoms in total. The van der Waals surface area contributed by atoms with Crippen molar-refractivity contribution in [1.82, 2.24) is 0 Å². The molecule has 0 saturated carbocycles. The summed E-state index contributed by atoms with van der Waals surface area (Å²) in [6.45, 7) is 0. The van der Waals surface area contributed by atoms with Crippen molar-refractivity contribution in [3.05, 3.63) is 119 Å². The van der Waals surface area contributed by atoms with E-state index in [-0.39, 0.29) is 22.4 Å². The maximum atomic E-state index is 13.3. The Labute approximate surface area is 203 Å². The second-order valence-corrected chi connectivity index (χ2v) is 8.12. The van der Waals surface area contributed by atoms with Crippen LogP contribution < -0.4 is 10.2 Å². The van der Waals surface area contributed by atoms with E-state index in [4.69, 9.17) is 0 Å². The third kappa shape index (κ3) is 4.13. The van der Waals surface area contributed by atoms with Crippen molar-refractivity contribution in [2.75, 3.05) is 10.2 Å². The Hall–Kier alpha value is -4.72. The SMILES string of the molecule is O=C(Nc1cccc(C(F)(F)F)c1)c1ccc2c(c1)C(=O)N(c1ccccc1-c1ccccc1)C2=O. The molecule has 4 aromatic carbocycles. The average Bonchev–Trinajstić information content (AvgIpc) is 3.13. The van der Waals surface area contributed by atoms with Crippen molar-refractivity contribution >= 4 is 29.1 Å². The molecule has 1 N–H and O–H groups in total. The summed E-state index contributed by atoms with van der Waals surface area (Å²) in [7, 11) is 0. The Balaban J connectivity index is 1.45. The molecule has 0 aliphatic carbocycles. The quantitative estimate of drug-likeness (QED) is 0.338. The fraction of sp³-hybridized carbons (Fsp3) is 0.0357. The summed E-state index contributed by atoms with van der Waals surface area (Å²) in [4.78, 5) is 40.3. The number of para-hydroxylation sites is 1. The number of hydrogen-bond donors (Lipinski definition) is 1. The highest BCUT2D eigenvalue weighted by molar-refractivity contribution is 6.35. The molecular weight excluding hydrogens is 469 g/mol. The molecule has 1 aliphatic heterocycles. The molecule has 36 heavy (non-hydrogen) atoms. The fourth-order valence-corrected chi connectivity index (χ4v) is 4.11. The number of imide groups is 1. The average molecular weight is 486 g/mol. The van der Waals surface area contributed by atoms with E-state index in [0.29, 0.717) is 11.3 Å². The molecule has 3 amide bonds. The van der Waals surface area contributed by atoms with Crippen LogP contribution in [0.25, 0.3) is 11.1 Å². The predicted octanol–water partition coefficient (Wildman–Crippen LogP) is 6.43. The van der Waals surface area contributed by atoms with Crippen LogP contribution >= 0.6 is 0 Å². The summed E-state index contributed by atoms with van der Waals surface area (Å²) >= 11 is 0. The molecule has 0 aromatic heterocycles. The Morgan fingerprint density at radius 1 is 0.694 bits per heavy atom. The van der Waals surface area contributed by atoms with Gasteiger partial charge in [-0.1, -0.05) is 54.6 Å². The van der Waals surface area contributed by atoms with E-state index in [1.165, 1.54) is 30.3 Å². The molecular formula is C28H17F3N2O3. The van der Waals surface area contributed by atoms with E-state index in [2.05, 4.69) is 5.32 Å². The van der Waals surface area contributed by atoms with Crippen LogP contribution in [0.1, 0.15) is 36.6 Å². The molecule has 0 saturated heterocycles. The van der Waals surface area contributed by atoms with Crippen LogP contribution in [0, 0.1) is 0 Å². The summed E-state index contributed by atoms with van der Waals surface area (Å²) in [5.41, 5.74) is 1.19. The first-order valence-electron chi connectivity index (χ1n) is 10.9. The van der Waals surface area contributed by atoms with Gasteiger partial charge >= 0.3 is 6.18 Å². The minimum Gasteiger partial charge on any atom is -0.322 e. The minimum absolute atomic E-state index is 0.0329. The smallest absolute Gasteiger partial charge is 0.322 e. The number of carbonyl (C=O) groups excluding carboxylic acids is 3. The van der Waals surface area contributed by atoms with E-state index in [0.717, 1.165) is 22.6 Å². The van der Waals surface area contributed by atoms with Gasteiger partial charge in [0.05, 0.1) is 22.4 Å². The van der Waals surface area contributed by atoms with Gasteiger partial charge in [0, 0.05) is 16.8 Å². The van der Waals surface area contributed by atoms with Crippen molar-refractivity contribution in [1.29, 1.82) is 0 Å². The molecule has 1 heterocycles. The molecule has 1 aliphatic rings. The number of nitrogens with zero attached hydrogens (tertiary/aromatic N) is 1. The highest BCUT2D eigenvalue weighted by atomic mass is 19.4. The molecule has 0 bridgehead atoms.